The predicted octanol–water partition coefficient (Wildman–Crippen LogP) is 8.84. The molecule has 6 aromatic rings. The second-order valence-corrected chi connectivity index (χ2v) is 34.1. The minimum Gasteiger partial charge on any atom is -0.492 e. The number of aromatic nitrogens is 2. The summed E-state index contributed by atoms with van der Waals surface area (Å²) in [5, 5.41) is 11.8. The number of aliphatic hydroxyl groups excluding tert-OH is 1. The van der Waals surface area contributed by atoms with Crippen LogP contribution in [0.5, 0.6) is 11.5 Å². The summed E-state index contributed by atoms with van der Waals surface area (Å²) in [5.41, 5.74) is -2.14. The van der Waals surface area contributed by atoms with Gasteiger partial charge in [-0.25, -0.2) is 32.8 Å². The van der Waals surface area contributed by atoms with Crippen molar-refractivity contribution < 1.29 is 117 Å². The van der Waals surface area contributed by atoms with Crippen LogP contribution >= 0.6 is 0 Å². The number of esters is 3. The van der Waals surface area contributed by atoms with Gasteiger partial charge in [0.1, 0.15) is 47.3 Å². The summed E-state index contributed by atoms with van der Waals surface area (Å²) in [6, 6.07) is 1.91. The smallest absolute Gasteiger partial charge is 0.492 e. The van der Waals surface area contributed by atoms with E-state index in [4.69, 9.17) is 69.8 Å². The average molecular weight is 1660 g/mol. The SMILES string of the molecule is COc1c(N2CC3CCCN(Cc4oc(=O)oc4C)C3C2)c(F)cc2c(=O)c(COCOC(=O)OCC(COC(=O)OCOC(=O)c3cn(C4CC4)c4c(OC)c(N5CC6CCCN(Cc7oc(=O)oc7C)C6C5)c(F)cc4c3=O)OC(=O)CCC(=O)OCC(=O)C34CCC5C6CCC7=CC(=O)CCC7(C)C6C(O)CC53CO4)cn(C3CC3)c12. The first-order valence-electron chi connectivity index (χ1n) is 41.1. The fourth-order valence-corrected chi connectivity index (χ4v) is 21.6. The summed E-state index contributed by atoms with van der Waals surface area (Å²) < 4.78 is 119. The number of aryl methyl sites for hydroxylation is 2. The molecule has 5 saturated heterocycles. The van der Waals surface area contributed by atoms with Crippen molar-refractivity contribution in [2.75, 3.05) is 103 Å². The number of nitrogens with zero attached hydrogens (tertiary/aromatic N) is 6. The van der Waals surface area contributed by atoms with E-state index in [9.17, 15) is 57.8 Å². The maximum absolute atomic E-state index is 16.8. The molecule has 6 aliphatic carbocycles. The number of ketones is 2. The summed E-state index contributed by atoms with van der Waals surface area (Å²) in [7, 11) is 2.79. The van der Waals surface area contributed by atoms with Crippen LogP contribution in [0.2, 0.25) is 0 Å². The quantitative estimate of drug-likeness (QED) is 0.0207. The summed E-state index contributed by atoms with van der Waals surface area (Å²) >= 11 is 0. The Labute approximate surface area is 678 Å². The lowest BCUT2D eigenvalue weighted by molar-refractivity contribution is -0.288. The number of anilines is 2. The van der Waals surface area contributed by atoms with Crippen LogP contribution in [0.25, 0.3) is 21.8 Å². The van der Waals surface area contributed by atoms with E-state index >= 15 is 8.78 Å². The van der Waals surface area contributed by atoms with Crippen LogP contribution < -0.4 is 41.8 Å². The highest BCUT2D eigenvalue weighted by molar-refractivity contribution is 5.98. The van der Waals surface area contributed by atoms with Gasteiger partial charge in [0.25, 0.3) is 0 Å². The molecule has 17 rings (SSSR count). The van der Waals surface area contributed by atoms with Crippen molar-refractivity contribution in [1.82, 2.24) is 18.9 Å². The highest BCUT2D eigenvalue weighted by Crippen LogP contribution is 2.72. The van der Waals surface area contributed by atoms with E-state index in [1.807, 2.05) is 14.4 Å². The summed E-state index contributed by atoms with van der Waals surface area (Å²) in [6.07, 6.45) is 8.23. The van der Waals surface area contributed by atoms with Gasteiger partial charge in [-0.2, -0.15) is 0 Å². The van der Waals surface area contributed by atoms with Crippen LogP contribution in [0.4, 0.5) is 29.7 Å². The number of hydrogen-bond acceptors (Lipinski definition) is 31. The van der Waals surface area contributed by atoms with Crippen molar-refractivity contribution in [2.24, 2.45) is 40.4 Å². The van der Waals surface area contributed by atoms with Gasteiger partial charge in [0.05, 0.1) is 81.3 Å². The van der Waals surface area contributed by atoms with E-state index in [1.54, 1.807) is 30.7 Å². The molecule has 5 aliphatic heterocycles. The third-order valence-corrected chi connectivity index (χ3v) is 27.4. The molecule has 12 atom stereocenters. The van der Waals surface area contributed by atoms with Crippen molar-refractivity contribution in [3.63, 3.8) is 0 Å². The number of aliphatic hydroxyl groups is 1. The molecule has 11 aliphatic rings. The Balaban J connectivity index is 0.532. The lowest BCUT2D eigenvalue weighted by atomic mass is 9.44. The molecule has 4 aromatic heterocycles. The summed E-state index contributed by atoms with van der Waals surface area (Å²) in [4.78, 5) is 155. The van der Waals surface area contributed by atoms with Crippen molar-refractivity contribution in [3.8, 4) is 11.5 Å². The number of fused-ring (bicyclic) bond motifs is 8. The second kappa shape index (κ2) is 32.4. The van der Waals surface area contributed by atoms with Crippen LogP contribution in [-0.4, -0.2) is 189 Å². The fraction of sp³-hybridized carbons (Fsp3) is 0.607. The lowest BCUT2D eigenvalue weighted by Crippen LogP contribution is -2.72. The van der Waals surface area contributed by atoms with Gasteiger partial charge >= 0.3 is 41.9 Å². The van der Waals surface area contributed by atoms with Crippen LogP contribution in [0.3, 0.4) is 0 Å². The molecular weight excluding hydrogens is 1560 g/mol. The maximum atomic E-state index is 16.8. The molecule has 0 amide bonds. The zero-order valence-corrected chi connectivity index (χ0v) is 66.9. The monoisotopic (exact) mass is 1660 g/mol. The van der Waals surface area contributed by atoms with E-state index in [0.717, 1.165) is 69.6 Å². The zero-order chi connectivity index (χ0) is 83.3. The van der Waals surface area contributed by atoms with Gasteiger partial charge in [0.2, 0.25) is 18.0 Å². The predicted molar refractivity (Wildman–Crippen MR) is 409 cm³/mol. The molecule has 35 heteroatoms. The maximum Gasteiger partial charge on any atom is 0.519 e. The van der Waals surface area contributed by atoms with Gasteiger partial charge in [0.15, 0.2) is 65.4 Å². The van der Waals surface area contributed by atoms with E-state index in [-0.39, 0.29) is 116 Å². The molecule has 638 valence electrons. The molecular formula is C84H96F2N6O27. The number of rotatable bonds is 28. The second-order valence-electron chi connectivity index (χ2n) is 34.1. The highest BCUT2D eigenvalue weighted by Gasteiger charge is 2.76. The number of piperidine rings is 2. The topological polar surface area (TPSA) is 385 Å². The Kier molecular flexibility index (Phi) is 22.1. The molecule has 1 spiro atoms. The summed E-state index contributed by atoms with van der Waals surface area (Å²) in [6.45, 7) is 4.80. The van der Waals surface area contributed by atoms with Crippen LogP contribution in [-0.2, 0) is 81.5 Å². The van der Waals surface area contributed by atoms with Crippen molar-refractivity contribution in [3.05, 3.63) is 124 Å². The number of halogens is 2. The molecule has 9 heterocycles. The number of ether oxygens (including phenoxy) is 11. The minimum atomic E-state index is -1.66. The fourth-order valence-electron chi connectivity index (χ4n) is 21.6. The summed E-state index contributed by atoms with van der Waals surface area (Å²) in [5.74, 6) is -4.49. The van der Waals surface area contributed by atoms with Crippen molar-refractivity contribution in [1.29, 1.82) is 0 Å². The molecule has 0 bridgehead atoms. The number of pyridine rings is 2. The minimum absolute atomic E-state index is 0.0142. The largest absolute Gasteiger partial charge is 0.519 e. The molecule has 2 aromatic carbocycles. The Morgan fingerprint density at radius 3 is 1.76 bits per heavy atom. The molecule has 33 nitrogen and oxygen atoms in total. The average Bonchev–Trinajstić information content (AvgIpc) is 1.55. The number of benzene rings is 2. The van der Waals surface area contributed by atoms with E-state index in [1.165, 1.54) is 26.5 Å². The number of methoxy groups -OCH3 is 2. The van der Waals surface area contributed by atoms with Crippen molar-refractivity contribution in [2.45, 2.75) is 192 Å². The normalized spacial score (nSPS) is 27.2. The van der Waals surface area contributed by atoms with Gasteiger partial charge in [0, 0.05) is 80.1 Å². The molecule has 119 heavy (non-hydrogen) atoms. The zero-order valence-electron chi connectivity index (χ0n) is 66.9. The van der Waals surface area contributed by atoms with Gasteiger partial charge in [-0.15, -0.1) is 0 Å². The number of carbonyl (C=O) groups excluding carboxylic acids is 7. The first kappa shape index (κ1) is 81.1. The number of carbonyl (C=O) groups is 7. The standard InChI is InChI=1S/C84H96F2N6O27/c1-43-63(118-80(103)115-43)34-87-22-6-8-45-28-89(32-60(45)87)71-58(85)25-54-69(75(71)105-4)91(49-11-12-49)30-47(73(54)98)36-107-41-112-78(101)109-37-52(117-67(97)17-16-66(96)108-39-65(95)84-21-19-57-53-15-10-48-24-51(93)18-20-82(48,3)68(53)62(94)27-83(57,84)40-114-84)38-110-79(102)113-42-111-77(100)56-31-92(50-13-14-50)70-55(74(56)99)26-59(86)72(76(70)106-5)90-29-46-9-7-23-88(61(46)33-90)35-64-44(2)116-81(104)119-64/h24-26,30-31,45-46,49-50,52-53,57,60-62,68,94H,6-23,27-29,32-42H2,1-5H3. The highest BCUT2D eigenvalue weighted by atomic mass is 19.1. The Bertz CT molecular complexity index is 5340. The van der Waals surface area contributed by atoms with Crippen LogP contribution in [0.15, 0.2) is 73.0 Å². The first-order chi connectivity index (χ1) is 57.2. The third kappa shape index (κ3) is 15.1. The Morgan fingerprint density at radius 1 is 0.639 bits per heavy atom. The van der Waals surface area contributed by atoms with Crippen LogP contribution in [0, 0.1) is 65.9 Å². The van der Waals surface area contributed by atoms with Gasteiger partial charge in [-0.3, -0.25) is 38.6 Å². The Hall–Kier alpha value is -10.2. The lowest BCUT2D eigenvalue weighted by Gasteiger charge is -2.65. The number of likely N-dealkylation sites (tertiary alicyclic amines) is 2. The molecule has 5 saturated carbocycles. The van der Waals surface area contributed by atoms with E-state index in [0.29, 0.717) is 119 Å². The van der Waals surface area contributed by atoms with Gasteiger partial charge < -0.3 is 93.8 Å². The number of allylic oxidation sites excluding steroid dienone is 1. The number of Topliss-reactive ketones (excluding diaryl/α,β-unsaturated/α-hetero) is 1. The first-order valence-corrected chi connectivity index (χ1v) is 41.1. The van der Waals surface area contributed by atoms with Crippen LogP contribution in [0.1, 0.15) is 167 Å². The van der Waals surface area contributed by atoms with Gasteiger partial charge in [-0.1, -0.05) is 12.5 Å². The van der Waals surface area contributed by atoms with E-state index < -0.39 is 152 Å². The molecule has 12 unspecified atom stereocenters. The molecule has 10 fully saturated rings. The third-order valence-electron chi connectivity index (χ3n) is 27.4. The van der Waals surface area contributed by atoms with E-state index in [2.05, 4.69) is 16.7 Å². The number of hydrogen-bond donors (Lipinski definition) is 1. The molecule has 0 radical (unpaired) electrons. The van der Waals surface area contributed by atoms with Gasteiger partial charge in [-0.05, 0) is 170 Å². The Morgan fingerprint density at radius 2 is 1.21 bits per heavy atom. The van der Waals surface area contributed by atoms with Crippen molar-refractivity contribution >= 4 is 75.0 Å². The molecule has 1 N–H and O–H groups in total.